The van der Waals surface area contributed by atoms with E-state index in [1.54, 1.807) is 24.3 Å². The van der Waals surface area contributed by atoms with E-state index in [0.717, 1.165) is 58.8 Å². The molecule has 3 aliphatic heterocycles. The number of nitrogens with zero attached hydrogens (tertiary/aromatic N) is 5. The molecule has 2 amide bonds. The molecule has 0 spiro atoms. The summed E-state index contributed by atoms with van der Waals surface area (Å²) < 4.78 is 9.07. The quantitative estimate of drug-likeness (QED) is 0.0437. The highest BCUT2D eigenvalue weighted by Crippen LogP contribution is 2.38. The van der Waals surface area contributed by atoms with E-state index in [4.69, 9.17) is 15.9 Å². The van der Waals surface area contributed by atoms with Crippen molar-refractivity contribution < 1.29 is 77.7 Å². The molecule has 0 aromatic heterocycles. The van der Waals surface area contributed by atoms with Crippen molar-refractivity contribution in [1.82, 2.24) is 4.90 Å². The monoisotopic (exact) mass is 962 g/mol. The molecule has 0 bridgehead atoms. The van der Waals surface area contributed by atoms with Crippen molar-refractivity contribution >= 4 is 103 Å². The number of amides is 2. The van der Waals surface area contributed by atoms with Crippen molar-refractivity contribution in [3.63, 3.8) is 0 Å². The Hall–Kier alpha value is -9.98. The van der Waals surface area contributed by atoms with Crippen LogP contribution in [0.5, 0.6) is 0 Å². The first-order valence-electron chi connectivity index (χ1n) is 20.0. The minimum atomic E-state index is -1.11. The lowest BCUT2D eigenvalue weighted by molar-refractivity contribution is -0.385. The van der Waals surface area contributed by atoms with Gasteiger partial charge in [-0.1, -0.05) is 24.3 Å². The molecule has 26 nitrogen and oxygen atoms in total. The Morgan fingerprint density at radius 1 is 0.486 bits per heavy atom. The second-order valence-electron chi connectivity index (χ2n) is 14.8. The second kappa shape index (κ2) is 20.3. The first-order valence-corrected chi connectivity index (χ1v) is 20.0. The number of carboxylic acids is 2. The SMILES string of the molecule is NCCCC(=O)O.O=C(O)CCCN1C(=O)c2cc([N+](=O)[O-])cc3cc([N+](=O)[O-])cc(c23)C1=O.O=C1OC(=O)c2cc([N+](=O)[O-])cc3cc([N+](=O)[O-])cc1c23.O=C1OC(=O)c2cccc3cccc1c23. The zero-order valence-electron chi connectivity index (χ0n) is 35.4. The Labute approximate surface area is 388 Å². The second-order valence-corrected chi connectivity index (χ2v) is 14.8. The lowest BCUT2D eigenvalue weighted by Crippen LogP contribution is -2.41. The molecule has 356 valence electrons. The van der Waals surface area contributed by atoms with Gasteiger partial charge in [0.05, 0.1) is 53.1 Å². The van der Waals surface area contributed by atoms with Gasteiger partial charge in [-0.05, 0) is 47.7 Å². The van der Waals surface area contributed by atoms with Crippen molar-refractivity contribution in [2.24, 2.45) is 5.73 Å². The number of carbonyl (C=O) groups is 8. The maximum absolute atomic E-state index is 12.7. The molecule has 6 aromatic carbocycles. The van der Waals surface area contributed by atoms with Gasteiger partial charge in [0.1, 0.15) is 0 Å². The van der Waals surface area contributed by atoms with Crippen LogP contribution in [-0.4, -0.2) is 95.5 Å². The molecule has 6 aromatic rings. The highest BCUT2D eigenvalue weighted by molar-refractivity contribution is 6.26. The number of cyclic esters (lactones) is 4. The number of benzene rings is 6. The van der Waals surface area contributed by atoms with Crippen LogP contribution in [0.3, 0.4) is 0 Å². The van der Waals surface area contributed by atoms with E-state index in [1.165, 1.54) is 0 Å². The predicted octanol–water partition coefficient (Wildman–Crippen LogP) is 6.04. The summed E-state index contributed by atoms with van der Waals surface area (Å²) in [5, 5.41) is 62.6. The largest absolute Gasteiger partial charge is 0.481 e. The number of rotatable bonds is 11. The first kappa shape index (κ1) is 49.5. The fraction of sp³-hybridized carbons (Fsp3) is 0.136. The molecule has 0 unspecified atom stereocenters. The van der Waals surface area contributed by atoms with Crippen LogP contribution in [0.2, 0.25) is 0 Å². The number of esters is 4. The standard InChI is InChI=1S/C16H11N3O8.C12H4N2O7.C12H6O3.C4H9NO2/c20-13(21)2-1-3-17-15(22)11-6-9(18(24)25)4-8-5-10(19(26)27)7-12(14(8)11)16(17)23;15-11-8-3-6(13(17)18)1-5-2-7(14(19)20)4-9(10(5)8)12(16)21-11;13-11-8-5-1-3-7-4-2-6-9(10(7)8)12(14)15-11;5-3-1-2-4(6)7/h4-7H,1-3H2,(H,20,21);1-4H;1-6H;1-3,5H2,(H,6,7). The van der Waals surface area contributed by atoms with Crippen molar-refractivity contribution in [2.75, 3.05) is 13.1 Å². The van der Waals surface area contributed by atoms with Crippen LogP contribution < -0.4 is 5.73 Å². The number of ether oxygens (including phenoxy) is 2. The summed E-state index contributed by atoms with van der Waals surface area (Å²) in [6.07, 6.45) is 0.462. The molecule has 0 aliphatic carbocycles. The van der Waals surface area contributed by atoms with Gasteiger partial charge in [-0.25, -0.2) is 19.2 Å². The number of carbonyl (C=O) groups excluding carboxylic acids is 6. The summed E-state index contributed by atoms with van der Waals surface area (Å²) in [4.78, 5) is 134. The Bertz CT molecular complexity index is 3170. The molecule has 3 heterocycles. The van der Waals surface area contributed by atoms with E-state index in [9.17, 15) is 78.8 Å². The Kier molecular flexibility index (Phi) is 14.3. The molecular weight excluding hydrogens is 933 g/mol. The number of hydrogen-bond donors (Lipinski definition) is 3. The van der Waals surface area contributed by atoms with Crippen molar-refractivity contribution in [3.05, 3.63) is 159 Å². The van der Waals surface area contributed by atoms with Crippen LogP contribution in [0.1, 0.15) is 87.8 Å². The van der Waals surface area contributed by atoms with E-state index in [0.29, 0.717) is 29.5 Å². The van der Waals surface area contributed by atoms with E-state index in [2.05, 4.69) is 9.47 Å². The number of hydrogen-bond acceptors (Lipinski definition) is 19. The van der Waals surface area contributed by atoms with Crippen molar-refractivity contribution in [2.45, 2.75) is 25.7 Å². The molecule has 0 saturated heterocycles. The zero-order chi connectivity index (χ0) is 51.3. The van der Waals surface area contributed by atoms with Gasteiger partial charge in [-0.15, -0.1) is 0 Å². The minimum Gasteiger partial charge on any atom is -0.481 e. The van der Waals surface area contributed by atoms with Gasteiger partial charge in [0.2, 0.25) is 0 Å². The molecule has 4 N–H and O–H groups in total. The van der Waals surface area contributed by atoms with Gasteiger partial charge in [0, 0.05) is 84.1 Å². The smallest absolute Gasteiger partial charge is 0.346 e. The number of aliphatic carboxylic acids is 2. The average molecular weight is 963 g/mol. The summed E-state index contributed by atoms with van der Waals surface area (Å²) in [7, 11) is 0. The molecule has 0 radical (unpaired) electrons. The fourth-order valence-corrected chi connectivity index (χ4v) is 7.35. The van der Waals surface area contributed by atoms with Crippen LogP contribution in [0, 0.1) is 40.5 Å². The highest BCUT2D eigenvalue weighted by atomic mass is 16.6. The van der Waals surface area contributed by atoms with Gasteiger partial charge in [0.15, 0.2) is 0 Å². The van der Waals surface area contributed by atoms with Crippen molar-refractivity contribution in [3.8, 4) is 0 Å². The highest BCUT2D eigenvalue weighted by Gasteiger charge is 2.36. The normalized spacial score (nSPS) is 12.9. The molecule has 9 rings (SSSR count). The summed E-state index contributed by atoms with van der Waals surface area (Å²) >= 11 is 0. The summed E-state index contributed by atoms with van der Waals surface area (Å²) in [6.45, 7) is 0.239. The molecule has 70 heavy (non-hydrogen) atoms. The Morgan fingerprint density at radius 2 is 0.814 bits per heavy atom. The van der Waals surface area contributed by atoms with Crippen molar-refractivity contribution in [1.29, 1.82) is 0 Å². The topological polar surface area (TPSA) is 397 Å². The summed E-state index contributed by atoms with van der Waals surface area (Å²) in [5.74, 6) is -6.66. The van der Waals surface area contributed by atoms with Crippen LogP contribution >= 0.6 is 0 Å². The molecule has 3 aliphatic rings. The number of nitrogens with two attached hydrogens (primary N) is 1. The van der Waals surface area contributed by atoms with E-state index in [-0.39, 0.29) is 69.6 Å². The summed E-state index contributed by atoms with van der Waals surface area (Å²) in [6, 6.07) is 18.9. The molecule has 26 heteroatoms. The number of carboxylic acid groups (broad SMARTS) is 2. The van der Waals surface area contributed by atoms with Crippen LogP contribution in [-0.2, 0) is 19.1 Å². The Balaban J connectivity index is 0.000000166. The average Bonchev–Trinajstić information content (AvgIpc) is 3.31. The van der Waals surface area contributed by atoms with Gasteiger partial charge in [-0.3, -0.25) is 64.5 Å². The number of nitro benzene ring substituents is 4. The third-order valence-electron chi connectivity index (χ3n) is 10.4. The van der Waals surface area contributed by atoms with E-state index >= 15 is 0 Å². The van der Waals surface area contributed by atoms with Gasteiger partial charge < -0.3 is 25.4 Å². The van der Waals surface area contributed by atoms with Gasteiger partial charge >= 0.3 is 35.8 Å². The van der Waals surface area contributed by atoms with E-state index < -0.39 is 90.1 Å². The predicted molar refractivity (Wildman–Crippen MR) is 236 cm³/mol. The number of imide groups is 1. The van der Waals surface area contributed by atoms with Crippen LogP contribution in [0.25, 0.3) is 32.3 Å². The van der Waals surface area contributed by atoms with Crippen LogP contribution in [0.15, 0.2) is 84.9 Å². The number of nitro groups is 4. The number of non-ortho nitro benzene ring substituents is 4. The summed E-state index contributed by atoms with van der Waals surface area (Å²) in [5.41, 5.74) is 3.62. The molecule has 0 atom stereocenters. The Morgan fingerprint density at radius 3 is 1.16 bits per heavy atom. The zero-order valence-corrected chi connectivity index (χ0v) is 35.4. The lowest BCUT2D eigenvalue weighted by atomic mass is 9.92. The lowest BCUT2D eigenvalue weighted by Gasteiger charge is -2.26. The van der Waals surface area contributed by atoms with Crippen LogP contribution in [0.4, 0.5) is 22.7 Å². The molecular formula is C44H30N6O20. The minimum absolute atomic E-state index is 0.0187. The van der Waals surface area contributed by atoms with Gasteiger partial charge in [-0.2, -0.15) is 0 Å². The molecule has 0 fully saturated rings. The molecule has 0 saturated carbocycles. The maximum Gasteiger partial charge on any atom is 0.346 e. The first-order chi connectivity index (χ1) is 33.1. The maximum atomic E-state index is 12.7. The van der Waals surface area contributed by atoms with E-state index in [1.807, 2.05) is 12.1 Å². The third kappa shape index (κ3) is 10.2. The third-order valence-corrected chi connectivity index (χ3v) is 10.4. The van der Waals surface area contributed by atoms with Gasteiger partial charge in [0.25, 0.3) is 34.6 Å². The fourth-order valence-electron chi connectivity index (χ4n) is 7.35.